The largest absolute Gasteiger partial charge is 0.481 e. The summed E-state index contributed by atoms with van der Waals surface area (Å²) in [4.78, 5) is 25.0. The van der Waals surface area contributed by atoms with Gasteiger partial charge in [0, 0.05) is 25.4 Å². The number of rotatable bonds is 5. The fourth-order valence-electron chi connectivity index (χ4n) is 3.47. The van der Waals surface area contributed by atoms with Crippen LogP contribution in [-0.4, -0.2) is 41.5 Å². The van der Waals surface area contributed by atoms with Crippen molar-refractivity contribution >= 4 is 11.9 Å². The highest BCUT2D eigenvalue weighted by Gasteiger charge is 2.37. The summed E-state index contributed by atoms with van der Waals surface area (Å²) in [6.45, 7) is 2.13. The van der Waals surface area contributed by atoms with Crippen LogP contribution in [0.4, 0.5) is 0 Å². The van der Waals surface area contributed by atoms with E-state index in [9.17, 15) is 9.59 Å². The molecular weight excluding hydrogens is 244 g/mol. The van der Waals surface area contributed by atoms with Crippen molar-refractivity contribution in [2.75, 3.05) is 19.6 Å². The Hall–Kier alpha value is -1.10. The Bertz CT molecular complexity index is 346. The molecule has 0 radical (unpaired) electrons. The van der Waals surface area contributed by atoms with Gasteiger partial charge >= 0.3 is 5.97 Å². The second kappa shape index (κ2) is 6.37. The molecular formula is C14H24N2O3. The number of nitrogens with zero attached hydrogens (tertiary/aromatic N) is 1. The highest BCUT2D eigenvalue weighted by atomic mass is 16.4. The van der Waals surface area contributed by atoms with Gasteiger partial charge in [0.15, 0.2) is 0 Å². The molecule has 3 unspecified atom stereocenters. The molecule has 2 rings (SSSR count). The molecule has 5 heteroatoms. The minimum Gasteiger partial charge on any atom is -0.481 e. The van der Waals surface area contributed by atoms with Crippen LogP contribution >= 0.6 is 0 Å². The van der Waals surface area contributed by atoms with Crippen LogP contribution in [0, 0.1) is 17.8 Å². The van der Waals surface area contributed by atoms with E-state index in [0.717, 1.165) is 38.8 Å². The number of amides is 1. The standard InChI is InChI=1S/C14H24N2O3/c15-8-11-2-1-3-12(11)14(19)16-7-6-10(9-16)4-5-13(17)18/h10-12H,1-9,15H2,(H,17,18). The van der Waals surface area contributed by atoms with Crippen LogP contribution in [0.25, 0.3) is 0 Å². The SMILES string of the molecule is NCC1CCCC1C(=O)N1CCC(CCC(=O)O)C1. The summed E-state index contributed by atoms with van der Waals surface area (Å²) in [5, 5.41) is 8.69. The highest BCUT2D eigenvalue weighted by molar-refractivity contribution is 5.79. The zero-order valence-electron chi connectivity index (χ0n) is 11.4. The number of aliphatic carboxylic acids is 1. The van der Waals surface area contributed by atoms with Crippen molar-refractivity contribution in [1.29, 1.82) is 0 Å². The van der Waals surface area contributed by atoms with Gasteiger partial charge in [0.05, 0.1) is 0 Å². The van der Waals surface area contributed by atoms with E-state index < -0.39 is 5.97 Å². The number of nitrogens with two attached hydrogens (primary N) is 1. The second-order valence-electron chi connectivity index (χ2n) is 5.90. The minimum atomic E-state index is -0.747. The van der Waals surface area contributed by atoms with Gasteiger partial charge < -0.3 is 15.7 Å². The quantitative estimate of drug-likeness (QED) is 0.781. The van der Waals surface area contributed by atoms with Gasteiger partial charge in [0.1, 0.15) is 0 Å². The van der Waals surface area contributed by atoms with Crippen LogP contribution in [0.5, 0.6) is 0 Å². The Morgan fingerprint density at radius 2 is 2.05 bits per heavy atom. The Balaban J connectivity index is 1.83. The number of hydrogen-bond donors (Lipinski definition) is 2. The lowest BCUT2D eigenvalue weighted by Crippen LogP contribution is -2.37. The van der Waals surface area contributed by atoms with Crippen molar-refractivity contribution in [3.63, 3.8) is 0 Å². The highest BCUT2D eigenvalue weighted by Crippen LogP contribution is 2.34. The summed E-state index contributed by atoms with van der Waals surface area (Å²) in [6.07, 6.45) is 4.99. The Morgan fingerprint density at radius 1 is 1.26 bits per heavy atom. The number of hydrogen-bond acceptors (Lipinski definition) is 3. The third-order valence-corrected chi connectivity index (χ3v) is 4.64. The van der Waals surface area contributed by atoms with E-state index in [1.54, 1.807) is 0 Å². The maximum Gasteiger partial charge on any atom is 0.303 e. The van der Waals surface area contributed by atoms with Crippen LogP contribution in [0.1, 0.15) is 38.5 Å². The first kappa shape index (κ1) is 14.3. The molecule has 1 saturated carbocycles. The second-order valence-corrected chi connectivity index (χ2v) is 5.90. The fraction of sp³-hybridized carbons (Fsp3) is 0.857. The third kappa shape index (κ3) is 3.47. The summed E-state index contributed by atoms with van der Waals surface area (Å²) in [5.74, 6) is 0.334. The van der Waals surface area contributed by atoms with E-state index in [1.165, 1.54) is 0 Å². The van der Waals surface area contributed by atoms with Crippen LogP contribution < -0.4 is 5.73 Å². The van der Waals surface area contributed by atoms with Crippen molar-refractivity contribution in [1.82, 2.24) is 4.90 Å². The molecule has 5 nitrogen and oxygen atoms in total. The minimum absolute atomic E-state index is 0.114. The molecule has 19 heavy (non-hydrogen) atoms. The lowest BCUT2D eigenvalue weighted by atomic mass is 9.95. The van der Waals surface area contributed by atoms with Gasteiger partial charge in [-0.25, -0.2) is 0 Å². The first-order valence-electron chi connectivity index (χ1n) is 7.32. The predicted octanol–water partition coefficient (Wildman–Crippen LogP) is 1.07. The molecule has 0 bridgehead atoms. The molecule has 1 aliphatic carbocycles. The molecule has 1 heterocycles. The lowest BCUT2D eigenvalue weighted by molar-refractivity contribution is -0.137. The number of carbonyl (C=O) groups is 2. The van der Waals surface area contributed by atoms with Gasteiger partial charge in [-0.3, -0.25) is 9.59 Å². The van der Waals surface area contributed by atoms with Crippen LogP contribution in [-0.2, 0) is 9.59 Å². The van der Waals surface area contributed by atoms with E-state index in [-0.39, 0.29) is 18.2 Å². The number of carbonyl (C=O) groups excluding carboxylic acids is 1. The molecule has 0 spiro atoms. The van der Waals surface area contributed by atoms with Gasteiger partial charge in [-0.2, -0.15) is 0 Å². The van der Waals surface area contributed by atoms with Gasteiger partial charge in [-0.05, 0) is 44.1 Å². The third-order valence-electron chi connectivity index (χ3n) is 4.64. The fourth-order valence-corrected chi connectivity index (χ4v) is 3.47. The Kier molecular flexibility index (Phi) is 4.80. The van der Waals surface area contributed by atoms with Crippen molar-refractivity contribution < 1.29 is 14.7 Å². The van der Waals surface area contributed by atoms with E-state index in [4.69, 9.17) is 10.8 Å². The molecule has 1 saturated heterocycles. The van der Waals surface area contributed by atoms with Crippen LogP contribution in [0.15, 0.2) is 0 Å². The summed E-state index contributed by atoms with van der Waals surface area (Å²) in [6, 6.07) is 0. The molecule has 3 atom stereocenters. The maximum atomic E-state index is 12.5. The maximum absolute atomic E-state index is 12.5. The van der Waals surface area contributed by atoms with Crippen molar-refractivity contribution in [3.8, 4) is 0 Å². The van der Waals surface area contributed by atoms with E-state index in [2.05, 4.69) is 0 Å². The van der Waals surface area contributed by atoms with Gasteiger partial charge in [-0.1, -0.05) is 6.42 Å². The monoisotopic (exact) mass is 268 g/mol. The average molecular weight is 268 g/mol. The lowest BCUT2D eigenvalue weighted by Gasteiger charge is -2.24. The van der Waals surface area contributed by atoms with Crippen molar-refractivity contribution in [3.05, 3.63) is 0 Å². The summed E-state index contributed by atoms with van der Waals surface area (Å²) >= 11 is 0. The molecule has 0 aromatic rings. The summed E-state index contributed by atoms with van der Waals surface area (Å²) < 4.78 is 0. The summed E-state index contributed by atoms with van der Waals surface area (Å²) in [7, 11) is 0. The average Bonchev–Trinajstić information content (AvgIpc) is 3.04. The smallest absolute Gasteiger partial charge is 0.303 e. The number of likely N-dealkylation sites (tertiary alicyclic amines) is 1. The normalized spacial score (nSPS) is 30.8. The predicted molar refractivity (Wildman–Crippen MR) is 71.4 cm³/mol. The zero-order valence-corrected chi connectivity index (χ0v) is 11.4. The van der Waals surface area contributed by atoms with E-state index in [1.807, 2.05) is 4.90 Å². The molecule has 108 valence electrons. The first-order chi connectivity index (χ1) is 9.11. The van der Waals surface area contributed by atoms with E-state index in [0.29, 0.717) is 24.8 Å². The molecule has 1 amide bonds. The molecule has 3 N–H and O–H groups in total. The van der Waals surface area contributed by atoms with Gasteiger partial charge in [0.25, 0.3) is 0 Å². The summed E-state index contributed by atoms with van der Waals surface area (Å²) in [5.41, 5.74) is 5.73. The number of carboxylic acid groups (broad SMARTS) is 1. The molecule has 1 aliphatic heterocycles. The number of carboxylic acids is 1. The van der Waals surface area contributed by atoms with Gasteiger partial charge in [-0.15, -0.1) is 0 Å². The topological polar surface area (TPSA) is 83.6 Å². The zero-order chi connectivity index (χ0) is 13.8. The van der Waals surface area contributed by atoms with Crippen LogP contribution in [0.3, 0.4) is 0 Å². The first-order valence-corrected chi connectivity index (χ1v) is 7.32. The molecule has 2 aliphatic rings. The van der Waals surface area contributed by atoms with Crippen molar-refractivity contribution in [2.45, 2.75) is 38.5 Å². The molecule has 0 aromatic carbocycles. The van der Waals surface area contributed by atoms with Gasteiger partial charge in [0.2, 0.25) is 5.91 Å². The molecule has 0 aromatic heterocycles. The van der Waals surface area contributed by atoms with Crippen LogP contribution in [0.2, 0.25) is 0 Å². The Labute approximate surface area is 114 Å². The van der Waals surface area contributed by atoms with E-state index >= 15 is 0 Å². The molecule has 2 fully saturated rings. The van der Waals surface area contributed by atoms with Crippen molar-refractivity contribution in [2.24, 2.45) is 23.5 Å². The Morgan fingerprint density at radius 3 is 2.74 bits per heavy atom.